The van der Waals surface area contributed by atoms with Gasteiger partial charge in [0.1, 0.15) is 23.5 Å². The maximum absolute atomic E-state index is 12.5. The highest BCUT2D eigenvalue weighted by Gasteiger charge is 2.45. The summed E-state index contributed by atoms with van der Waals surface area (Å²) in [6.45, 7) is 2.40. The highest BCUT2D eigenvalue weighted by Crippen LogP contribution is 2.49. The third-order valence-electron chi connectivity index (χ3n) is 5.93. The average Bonchev–Trinajstić information content (AvgIpc) is 3.36. The lowest BCUT2D eigenvalue weighted by atomic mass is 10.0. The van der Waals surface area contributed by atoms with E-state index in [2.05, 4.69) is 25.6 Å². The molecule has 0 unspecified atom stereocenters. The fourth-order valence-electron chi connectivity index (χ4n) is 4.17. The van der Waals surface area contributed by atoms with Crippen LogP contribution in [0.1, 0.15) is 47.8 Å². The Balaban J connectivity index is 1.51. The molecule has 0 radical (unpaired) electrons. The number of amides is 1. The number of sulfone groups is 1. The molecule has 1 aromatic carbocycles. The number of aryl methyl sites for hydroxylation is 1. The number of nitrogens with one attached hydrogen (secondary N) is 3. The van der Waals surface area contributed by atoms with Gasteiger partial charge in [-0.05, 0) is 55.9 Å². The van der Waals surface area contributed by atoms with E-state index in [1.807, 2.05) is 25.1 Å². The van der Waals surface area contributed by atoms with Crippen molar-refractivity contribution in [3.8, 4) is 0 Å². The van der Waals surface area contributed by atoms with Crippen LogP contribution in [-0.2, 0) is 21.8 Å². The van der Waals surface area contributed by atoms with Crippen LogP contribution in [-0.4, -0.2) is 41.6 Å². The highest BCUT2D eigenvalue weighted by atomic mass is 32.2. The number of carbonyl (C=O) groups is 1. The summed E-state index contributed by atoms with van der Waals surface area (Å²) in [5.74, 6) is 0.648. The van der Waals surface area contributed by atoms with Crippen LogP contribution in [0, 0.1) is 0 Å². The number of H-pyrrole nitrogens is 1. The normalized spacial score (nSPS) is 18.6. The van der Waals surface area contributed by atoms with Gasteiger partial charge in [0.2, 0.25) is 0 Å². The second-order valence-electron chi connectivity index (χ2n) is 7.98. The molecule has 156 valence electrons. The van der Waals surface area contributed by atoms with Gasteiger partial charge in [-0.15, -0.1) is 0 Å². The Kier molecular flexibility index (Phi) is 4.32. The molecular formula is C21H23N5O3S. The predicted molar refractivity (Wildman–Crippen MR) is 113 cm³/mol. The number of anilines is 1. The third kappa shape index (κ3) is 3.13. The first kappa shape index (κ1) is 19.0. The monoisotopic (exact) mass is 425 g/mol. The van der Waals surface area contributed by atoms with E-state index >= 15 is 0 Å². The molecule has 1 fully saturated rings. The number of benzene rings is 1. The van der Waals surface area contributed by atoms with Crippen LogP contribution in [0.4, 0.5) is 5.82 Å². The topological polar surface area (TPSA) is 117 Å². The molecule has 1 aliphatic carbocycles. The zero-order valence-corrected chi connectivity index (χ0v) is 17.5. The van der Waals surface area contributed by atoms with Crippen molar-refractivity contribution in [3.05, 3.63) is 47.4 Å². The van der Waals surface area contributed by atoms with Crippen molar-refractivity contribution in [3.63, 3.8) is 0 Å². The van der Waals surface area contributed by atoms with Crippen LogP contribution in [0.2, 0.25) is 0 Å². The molecule has 2 aliphatic rings. The fourth-order valence-corrected chi connectivity index (χ4v) is 5.79. The SMILES string of the molecule is CCNC(=O)c1cc2c(NC3(c4ccc5c(c4)S(=O)(=O)CCC5)CC3)ncnc2[nH]1. The number of nitrogens with zero attached hydrogens (tertiary/aromatic N) is 2. The minimum absolute atomic E-state index is 0.192. The Hall–Kier alpha value is -2.94. The minimum Gasteiger partial charge on any atom is -0.360 e. The Morgan fingerprint density at radius 1 is 1.23 bits per heavy atom. The molecular weight excluding hydrogens is 402 g/mol. The molecule has 2 aromatic heterocycles. The first-order valence-electron chi connectivity index (χ1n) is 10.2. The first-order valence-corrected chi connectivity index (χ1v) is 11.8. The van der Waals surface area contributed by atoms with Crippen molar-refractivity contribution in [2.75, 3.05) is 17.6 Å². The summed E-state index contributed by atoms with van der Waals surface area (Å²) in [5, 5.41) is 7.01. The van der Waals surface area contributed by atoms with Gasteiger partial charge in [0.05, 0.1) is 21.6 Å². The number of rotatable bonds is 5. The summed E-state index contributed by atoms with van der Waals surface area (Å²) in [6.07, 6.45) is 4.69. The number of aromatic nitrogens is 3. The summed E-state index contributed by atoms with van der Waals surface area (Å²) < 4.78 is 25.1. The van der Waals surface area contributed by atoms with Crippen LogP contribution in [0.5, 0.6) is 0 Å². The Bertz CT molecular complexity index is 1260. The molecule has 0 bridgehead atoms. The highest BCUT2D eigenvalue weighted by molar-refractivity contribution is 7.91. The average molecular weight is 426 g/mol. The maximum atomic E-state index is 12.5. The molecule has 3 aromatic rings. The quantitative estimate of drug-likeness (QED) is 0.578. The molecule has 3 N–H and O–H groups in total. The van der Waals surface area contributed by atoms with Crippen LogP contribution < -0.4 is 10.6 Å². The van der Waals surface area contributed by atoms with Gasteiger partial charge < -0.3 is 15.6 Å². The molecule has 1 aliphatic heterocycles. The van der Waals surface area contributed by atoms with Crippen molar-refractivity contribution in [1.29, 1.82) is 0 Å². The van der Waals surface area contributed by atoms with E-state index in [0.29, 0.717) is 35.0 Å². The lowest BCUT2D eigenvalue weighted by Gasteiger charge is -2.22. The van der Waals surface area contributed by atoms with Gasteiger partial charge in [0, 0.05) is 6.54 Å². The van der Waals surface area contributed by atoms with Crippen molar-refractivity contribution >= 4 is 32.6 Å². The molecule has 0 saturated heterocycles. The van der Waals surface area contributed by atoms with E-state index < -0.39 is 9.84 Å². The molecule has 30 heavy (non-hydrogen) atoms. The predicted octanol–water partition coefficient (Wildman–Crippen LogP) is 2.53. The molecule has 0 atom stereocenters. The van der Waals surface area contributed by atoms with E-state index in [9.17, 15) is 13.2 Å². The number of aromatic amines is 1. The lowest BCUT2D eigenvalue weighted by Crippen LogP contribution is -2.22. The van der Waals surface area contributed by atoms with E-state index in [0.717, 1.165) is 35.8 Å². The smallest absolute Gasteiger partial charge is 0.267 e. The standard InChI is InChI=1S/C21H23N5O3S/c1-2-22-20(27)16-11-15-18(25-16)23-12-24-19(15)26-21(7-8-21)14-6-5-13-4-3-9-30(28,29)17(13)10-14/h5-6,10-12H,2-4,7-9H2,1H3,(H,22,27)(H2,23,24,25,26). The van der Waals surface area contributed by atoms with Crippen molar-refractivity contribution < 1.29 is 13.2 Å². The van der Waals surface area contributed by atoms with Crippen molar-refractivity contribution in [1.82, 2.24) is 20.3 Å². The Morgan fingerprint density at radius 3 is 2.83 bits per heavy atom. The summed E-state index contributed by atoms with van der Waals surface area (Å²) in [7, 11) is -3.22. The van der Waals surface area contributed by atoms with E-state index in [4.69, 9.17) is 0 Å². The zero-order valence-electron chi connectivity index (χ0n) is 16.7. The second-order valence-corrected chi connectivity index (χ2v) is 10.1. The van der Waals surface area contributed by atoms with Crippen molar-refractivity contribution in [2.45, 2.75) is 43.0 Å². The largest absolute Gasteiger partial charge is 0.360 e. The Labute approximate surface area is 174 Å². The summed E-state index contributed by atoms with van der Waals surface area (Å²) in [6, 6.07) is 7.55. The molecule has 5 rings (SSSR count). The third-order valence-corrected chi connectivity index (χ3v) is 7.81. The number of hydrogen-bond donors (Lipinski definition) is 3. The van der Waals surface area contributed by atoms with Crippen molar-refractivity contribution in [2.24, 2.45) is 0 Å². The number of hydrogen-bond acceptors (Lipinski definition) is 6. The lowest BCUT2D eigenvalue weighted by molar-refractivity contribution is 0.0951. The number of carbonyl (C=O) groups excluding carboxylic acids is 1. The molecule has 9 heteroatoms. The van der Waals surface area contributed by atoms with Gasteiger partial charge in [0.25, 0.3) is 5.91 Å². The number of fused-ring (bicyclic) bond motifs is 2. The minimum atomic E-state index is -3.22. The van der Waals surface area contributed by atoms with Gasteiger partial charge in [0.15, 0.2) is 9.84 Å². The van der Waals surface area contributed by atoms with Crippen LogP contribution in [0.3, 0.4) is 0 Å². The molecule has 8 nitrogen and oxygen atoms in total. The van der Waals surface area contributed by atoms with Crippen LogP contribution in [0.15, 0.2) is 35.5 Å². The van der Waals surface area contributed by atoms with Gasteiger partial charge in [-0.1, -0.05) is 12.1 Å². The summed E-state index contributed by atoms with van der Waals surface area (Å²) in [4.78, 5) is 24.3. The molecule has 1 saturated carbocycles. The van der Waals surface area contributed by atoms with Gasteiger partial charge in [-0.3, -0.25) is 4.79 Å². The van der Waals surface area contributed by atoms with Crippen LogP contribution in [0.25, 0.3) is 11.0 Å². The fraction of sp³-hybridized carbons (Fsp3) is 0.381. The zero-order chi connectivity index (χ0) is 20.9. The van der Waals surface area contributed by atoms with Crippen LogP contribution >= 0.6 is 0 Å². The van der Waals surface area contributed by atoms with E-state index in [1.54, 1.807) is 6.07 Å². The maximum Gasteiger partial charge on any atom is 0.267 e. The Morgan fingerprint density at radius 2 is 2.07 bits per heavy atom. The van der Waals surface area contributed by atoms with E-state index in [1.165, 1.54) is 6.33 Å². The van der Waals surface area contributed by atoms with E-state index in [-0.39, 0.29) is 17.2 Å². The summed E-state index contributed by atoms with van der Waals surface area (Å²) in [5.41, 5.74) is 2.52. The van der Waals surface area contributed by atoms with Gasteiger partial charge in [-0.2, -0.15) is 0 Å². The van der Waals surface area contributed by atoms with Gasteiger partial charge >= 0.3 is 0 Å². The molecule has 3 heterocycles. The summed E-state index contributed by atoms with van der Waals surface area (Å²) >= 11 is 0. The van der Waals surface area contributed by atoms with Gasteiger partial charge in [-0.25, -0.2) is 18.4 Å². The first-order chi connectivity index (χ1) is 14.4. The molecule has 0 spiro atoms. The second kappa shape index (κ2) is 6.80. The molecule has 1 amide bonds.